The molecular weight excluding hydrogens is 320 g/mol. The molecular formula is C14H17BrN4O. The van der Waals surface area contributed by atoms with Gasteiger partial charge in [-0.05, 0) is 28.4 Å². The minimum atomic E-state index is -0.622. The fourth-order valence-electron chi connectivity index (χ4n) is 1.85. The van der Waals surface area contributed by atoms with Gasteiger partial charge in [0.1, 0.15) is 5.82 Å². The Kier molecular flexibility index (Phi) is 4.57. The van der Waals surface area contributed by atoms with Crippen LogP contribution in [0, 0.1) is 0 Å². The molecule has 106 valence electrons. The third-order valence-corrected chi connectivity index (χ3v) is 3.67. The average Bonchev–Trinajstić information content (AvgIpc) is 2.50. The summed E-state index contributed by atoms with van der Waals surface area (Å²) in [7, 11) is 1.76. The molecule has 1 aromatic heterocycles. The minimum absolute atomic E-state index is 0.0532. The van der Waals surface area contributed by atoms with Gasteiger partial charge in [-0.25, -0.2) is 4.98 Å². The maximum absolute atomic E-state index is 9.78. The predicted molar refractivity (Wildman–Crippen MR) is 83.8 cm³/mol. The Balaban J connectivity index is 2.35. The van der Waals surface area contributed by atoms with Crippen molar-refractivity contribution >= 4 is 27.7 Å². The highest BCUT2D eigenvalue weighted by Gasteiger charge is 2.26. The Morgan fingerprint density at radius 3 is 2.60 bits per heavy atom. The second kappa shape index (κ2) is 6.19. The molecule has 5 nitrogen and oxygen atoms in total. The number of benzene rings is 1. The van der Waals surface area contributed by atoms with E-state index in [1.54, 1.807) is 13.2 Å². The molecule has 2 rings (SSSR count). The molecule has 1 heterocycles. The number of aromatic nitrogens is 2. The van der Waals surface area contributed by atoms with Crippen molar-refractivity contribution in [3.63, 3.8) is 0 Å². The van der Waals surface area contributed by atoms with E-state index in [0.29, 0.717) is 11.8 Å². The Morgan fingerprint density at radius 1 is 1.30 bits per heavy atom. The number of anilines is 2. The number of halogens is 1. The van der Waals surface area contributed by atoms with Gasteiger partial charge in [-0.3, -0.25) is 0 Å². The first-order valence-corrected chi connectivity index (χ1v) is 7.03. The Morgan fingerprint density at radius 2 is 2.00 bits per heavy atom. The van der Waals surface area contributed by atoms with Gasteiger partial charge in [0.15, 0.2) is 0 Å². The number of aliphatic hydroxyl groups is 1. The van der Waals surface area contributed by atoms with Crippen molar-refractivity contribution in [1.29, 1.82) is 0 Å². The maximum atomic E-state index is 9.78. The molecule has 1 atom stereocenters. The zero-order valence-corrected chi connectivity index (χ0v) is 13.0. The van der Waals surface area contributed by atoms with Crippen molar-refractivity contribution in [2.24, 2.45) is 0 Å². The third kappa shape index (κ3) is 3.08. The molecule has 0 spiro atoms. The molecule has 0 amide bonds. The van der Waals surface area contributed by atoms with E-state index in [1.807, 2.05) is 37.3 Å². The summed E-state index contributed by atoms with van der Waals surface area (Å²) in [5.74, 6) is 1.15. The first-order chi connectivity index (χ1) is 9.59. The molecule has 0 radical (unpaired) electrons. The lowest BCUT2D eigenvalue weighted by Gasteiger charge is -2.30. The zero-order valence-electron chi connectivity index (χ0n) is 11.4. The van der Waals surface area contributed by atoms with Crippen molar-refractivity contribution < 1.29 is 5.11 Å². The summed E-state index contributed by atoms with van der Waals surface area (Å²) >= 11 is 3.42. The molecule has 1 unspecified atom stereocenters. The molecule has 6 heteroatoms. The predicted octanol–water partition coefficient (Wildman–Crippen LogP) is 2.60. The second-order valence-corrected chi connectivity index (χ2v) is 5.48. The van der Waals surface area contributed by atoms with Gasteiger partial charge in [0.05, 0.1) is 16.6 Å². The highest BCUT2D eigenvalue weighted by atomic mass is 79.9. The number of nitrogens with one attached hydrogen (secondary N) is 2. The highest BCUT2D eigenvalue weighted by molar-refractivity contribution is 9.10. The number of aliphatic hydroxyl groups excluding tert-OH is 1. The van der Waals surface area contributed by atoms with Gasteiger partial charge >= 0.3 is 0 Å². The van der Waals surface area contributed by atoms with E-state index >= 15 is 0 Å². The lowest BCUT2D eigenvalue weighted by atomic mass is 9.93. The molecule has 0 aliphatic carbocycles. The number of nitrogens with zero attached hydrogens (tertiary/aromatic N) is 2. The monoisotopic (exact) mass is 336 g/mol. The van der Waals surface area contributed by atoms with Crippen molar-refractivity contribution in [3.05, 3.63) is 46.6 Å². The summed E-state index contributed by atoms with van der Waals surface area (Å²) in [6.45, 7) is 1.87. The van der Waals surface area contributed by atoms with E-state index in [4.69, 9.17) is 0 Å². The summed E-state index contributed by atoms with van der Waals surface area (Å²) < 4.78 is 0.743. The SMILES string of the molecule is CNc1ncc(Br)c(NC(C)(CO)c2ccccc2)n1. The third-order valence-electron chi connectivity index (χ3n) is 3.09. The summed E-state index contributed by atoms with van der Waals surface area (Å²) in [4.78, 5) is 8.47. The number of hydrogen-bond acceptors (Lipinski definition) is 5. The Bertz CT molecular complexity index is 579. The van der Waals surface area contributed by atoms with Gasteiger partial charge in [0.25, 0.3) is 0 Å². The van der Waals surface area contributed by atoms with Crippen LogP contribution in [0.2, 0.25) is 0 Å². The van der Waals surface area contributed by atoms with Crippen LogP contribution >= 0.6 is 15.9 Å². The van der Waals surface area contributed by atoms with Gasteiger partial charge in [-0.15, -0.1) is 0 Å². The number of rotatable bonds is 5. The van der Waals surface area contributed by atoms with Crippen LogP contribution in [0.15, 0.2) is 41.0 Å². The van der Waals surface area contributed by atoms with Crippen molar-refractivity contribution in [3.8, 4) is 0 Å². The van der Waals surface area contributed by atoms with E-state index < -0.39 is 5.54 Å². The first-order valence-electron chi connectivity index (χ1n) is 6.24. The molecule has 1 aromatic carbocycles. The molecule has 0 bridgehead atoms. The van der Waals surface area contributed by atoms with Crippen LogP contribution in [0.3, 0.4) is 0 Å². The van der Waals surface area contributed by atoms with Gasteiger partial charge in [0.2, 0.25) is 5.95 Å². The van der Waals surface area contributed by atoms with E-state index in [0.717, 1.165) is 10.0 Å². The zero-order chi connectivity index (χ0) is 14.6. The standard InChI is InChI=1S/C14H17BrN4O/c1-14(9-20,10-6-4-3-5-7-10)19-12-11(15)8-17-13(16-2)18-12/h3-8,20H,9H2,1-2H3,(H2,16,17,18,19). The molecule has 3 N–H and O–H groups in total. The van der Waals surface area contributed by atoms with Crippen LogP contribution in [-0.2, 0) is 5.54 Å². The molecule has 20 heavy (non-hydrogen) atoms. The van der Waals surface area contributed by atoms with Crippen LogP contribution < -0.4 is 10.6 Å². The van der Waals surface area contributed by atoms with Crippen molar-refractivity contribution in [1.82, 2.24) is 9.97 Å². The normalized spacial score (nSPS) is 13.6. The molecule has 0 saturated carbocycles. The van der Waals surface area contributed by atoms with Gasteiger partial charge in [0, 0.05) is 13.2 Å². The quantitative estimate of drug-likeness (QED) is 0.782. The molecule has 0 saturated heterocycles. The minimum Gasteiger partial charge on any atom is -0.394 e. The number of hydrogen-bond donors (Lipinski definition) is 3. The van der Waals surface area contributed by atoms with Crippen LogP contribution in [0.4, 0.5) is 11.8 Å². The van der Waals surface area contributed by atoms with Crippen molar-refractivity contribution in [2.75, 3.05) is 24.3 Å². The van der Waals surface area contributed by atoms with Crippen molar-refractivity contribution in [2.45, 2.75) is 12.5 Å². The lowest BCUT2D eigenvalue weighted by molar-refractivity contribution is 0.223. The van der Waals surface area contributed by atoms with Crippen LogP contribution in [0.25, 0.3) is 0 Å². The average molecular weight is 337 g/mol. The Labute approximate surface area is 126 Å². The summed E-state index contributed by atoms with van der Waals surface area (Å²) in [6, 6.07) is 9.77. The van der Waals surface area contributed by atoms with Gasteiger partial charge < -0.3 is 15.7 Å². The van der Waals surface area contributed by atoms with Gasteiger partial charge in [-0.1, -0.05) is 30.3 Å². The lowest BCUT2D eigenvalue weighted by Crippen LogP contribution is -2.36. The van der Waals surface area contributed by atoms with E-state index in [2.05, 4.69) is 36.5 Å². The van der Waals surface area contributed by atoms with Crippen LogP contribution in [-0.4, -0.2) is 28.7 Å². The fraction of sp³-hybridized carbons (Fsp3) is 0.286. The van der Waals surface area contributed by atoms with E-state index in [-0.39, 0.29) is 6.61 Å². The Hall–Kier alpha value is -1.66. The summed E-state index contributed by atoms with van der Waals surface area (Å²) in [5.41, 5.74) is 0.363. The molecule has 0 fully saturated rings. The van der Waals surface area contributed by atoms with E-state index in [1.165, 1.54) is 0 Å². The first kappa shape index (κ1) is 14.7. The maximum Gasteiger partial charge on any atom is 0.224 e. The van der Waals surface area contributed by atoms with Crippen LogP contribution in [0.1, 0.15) is 12.5 Å². The van der Waals surface area contributed by atoms with E-state index in [9.17, 15) is 5.11 Å². The highest BCUT2D eigenvalue weighted by Crippen LogP contribution is 2.29. The van der Waals surface area contributed by atoms with Gasteiger partial charge in [-0.2, -0.15) is 4.98 Å². The molecule has 2 aromatic rings. The summed E-state index contributed by atoms with van der Waals surface area (Å²) in [5, 5.41) is 15.9. The van der Waals surface area contributed by atoms with Crippen LogP contribution in [0.5, 0.6) is 0 Å². The summed E-state index contributed by atoms with van der Waals surface area (Å²) in [6.07, 6.45) is 1.67. The topological polar surface area (TPSA) is 70.1 Å². The smallest absolute Gasteiger partial charge is 0.224 e. The second-order valence-electron chi connectivity index (χ2n) is 4.62. The largest absolute Gasteiger partial charge is 0.394 e. The fourth-order valence-corrected chi connectivity index (χ4v) is 2.14. The molecule has 0 aliphatic heterocycles. The molecule has 0 aliphatic rings.